The number of benzene rings is 2. The summed E-state index contributed by atoms with van der Waals surface area (Å²) in [5.74, 6) is 1.95. The SMILES string of the molecule is C#CC(C)(C)NC(=O)c1cc(Cl)cc(Cl)c1.Cc1nn(-c2cc(NS(C)(=O)=O)c(Cl)cc2Cl)c(=O)n1C(F)F. The Balaban J connectivity index is 0.000000293. The van der Waals surface area contributed by atoms with E-state index in [1.807, 2.05) is 0 Å². The largest absolute Gasteiger partial charge is 0.355 e. The molecule has 2 aromatic carbocycles. The van der Waals surface area contributed by atoms with Crippen LogP contribution in [0.2, 0.25) is 20.1 Å². The van der Waals surface area contributed by atoms with Crippen molar-refractivity contribution >= 4 is 68.0 Å². The van der Waals surface area contributed by atoms with Crippen LogP contribution in [0.25, 0.3) is 5.69 Å². The summed E-state index contributed by atoms with van der Waals surface area (Å²) in [6, 6.07) is 6.95. The predicted octanol–water partition coefficient (Wildman–Crippen LogP) is 5.55. The zero-order valence-corrected chi connectivity index (χ0v) is 24.5. The summed E-state index contributed by atoms with van der Waals surface area (Å²) in [6.45, 7) is 1.62. The summed E-state index contributed by atoms with van der Waals surface area (Å²) in [5.41, 5.74) is -1.58. The van der Waals surface area contributed by atoms with Gasteiger partial charge in [-0.3, -0.25) is 9.52 Å². The molecule has 0 aliphatic heterocycles. The maximum atomic E-state index is 12.8. The minimum atomic E-state index is -3.65. The van der Waals surface area contributed by atoms with E-state index in [1.54, 1.807) is 19.9 Å². The van der Waals surface area contributed by atoms with Gasteiger partial charge in [0.05, 0.1) is 33.2 Å². The zero-order chi connectivity index (χ0) is 29.9. The Labute approximate surface area is 243 Å². The fraction of sp³-hybridized carbons (Fsp3) is 0.261. The van der Waals surface area contributed by atoms with Gasteiger partial charge in [-0.05, 0) is 51.1 Å². The molecule has 16 heteroatoms. The Morgan fingerprint density at radius 2 is 1.64 bits per heavy atom. The highest BCUT2D eigenvalue weighted by atomic mass is 35.5. The molecule has 0 saturated heterocycles. The van der Waals surface area contributed by atoms with Crippen LogP contribution in [0.3, 0.4) is 0 Å². The second kappa shape index (κ2) is 12.6. The highest BCUT2D eigenvalue weighted by molar-refractivity contribution is 7.92. The van der Waals surface area contributed by atoms with Crippen LogP contribution >= 0.6 is 46.4 Å². The van der Waals surface area contributed by atoms with Gasteiger partial charge in [0.2, 0.25) is 10.0 Å². The number of alkyl halides is 2. The number of aromatic nitrogens is 3. The van der Waals surface area contributed by atoms with E-state index in [1.165, 1.54) is 25.1 Å². The molecule has 0 unspecified atom stereocenters. The first-order valence-electron chi connectivity index (χ1n) is 10.5. The van der Waals surface area contributed by atoms with E-state index in [9.17, 15) is 26.8 Å². The fourth-order valence-corrected chi connectivity index (χ4v) is 4.57. The molecule has 0 spiro atoms. The molecule has 0 atom stereocenters. The van der Waals surface area contributed by atoms with Crippen LogP contribution < -0.4 is 15.7 Å². The van der Waals surface area contributed by atoms with Crippen LogP contribution in [-0.4, -0.2) is 40.5 Å². The maximum absolute atomic E-state index is 12.8. The summed E-state index contributed by atoms with van der Waals surface area (Å²) in [6.07, 6.45) is 6.18. The van der Waals surface area contributed by atoms with Gasteiger partial charge in [-0.15, -0.1) is 11.5 Å². The van der Waals surface area contributed by atoms with Gasteiger partial charge in [0.25, 0.3) is 5.91 Å². The van der Waals surface area contributed by atoms with Crippen molar-refractivity contribution in [2.45, 2.75) is 32.9 Å². The molecule has 0 radical (unpaired) electrons. The normalized spacial score (nSPS) is 11.4. The third kappa shape index (κ3) is 8.84. The summed E-state index contributed by atoms with van der Waals surface area (Å²) in [4.78, 5) is 23.8. The van der Waals surface area contributed by atoms with Crippen molar-refractivity contribution < 1.29 is 22.0 Å². The molecule has 2 N–H and O–H groups in total. The number of terminal acetylenes is 1. The Morgan fingerprint density at radius 1 is 1.08 bits per heavy atom. The lowest BCUT2D eigenvalue weighted by molar-refractivity contribution is 0.0640. The van der Waals surface area contributed by atoms with E-state index in [4.69, 9.17) is 52.8 Å². The van der Waals surface area contributed by atoms with Crippen LogP contribution in [0.5, 0.6) is 0 Å². The number of aryl methyl sites for hydroxylation is 1. The molecule has 3 rings (SSSR count). The van der Waals surface area contributed by atoms with Gasteiger partial charge in [-0.25, -0.2) is 17.8 Å². The monoisotopic (exact) mass is 641 g/mol. The van der Waals surface area contributed by atoms with E-state index in [2.05, 4.69) is 21.1 Å². The quantitative estimate of drug-likeness (QED) is 0.342. The van der Waals surface area contributed by atoms with E-state index < -0.39 is 27.8 Å². The molecule has 3 aromatic rings. The lowest BCUT2D eigenvalue weighted by Gasteiger charge is -2.19. The van der Waals surface area contributed by atoms with Gasteiger partial charge < -0.3 is 5.32 Å². The number of sulfonamides is 1. The van der Waals surface area contributed by atoms with Crippen molar-refractivity contribution in [2.75, 3.05) is 11.0 Å². The number of halogens is 6. The number of amides is 1. The highest BCUT2D eigenvalue weighted by Crippen LogP contribution is 2.31. The second-order valence-electron chi connectivity index (χ2n) is 8.43. The number of nitrogens with one attached hydrogen (secondary N) is 2. The molecule has 9 nitrogen and oxygen atoms in total. The van der Waals surface area contributed by atoms with E-state index in [0.29, 0.717) is 20.3 Å². The van der Waals surface area contributed by atoms with Gasteiger partial charge in [0, 0.05) is 15.6 Å². The lowest BCUT2D eigenvalue weighted by Crippen LogP contribution is -2.42. The van der Waals surface area contributed by atoms with Crippen molar-refractivity contribution in [3.63, 3.8) is 0 Å². The van der Waals surface area contributed by atoms with Gasteiger partial charge >= 0.3 is 12.2 Å². The van der Waals surface area contributed by atoms with Gasteiger partial charge in [0.1, 0.15) is 5.82 Å². The number of nitrogens with zero attached hydrogens (tertiary/aromatic N) is 3. The van der Waals surface area contributed by atoms with Crippen molar-refractivity contribution in [1.82, 2.24) is 19.7 Å². The van der Waals surface area contributed by atoms with Crippen LogP contribution in [0.1, 0.15) is 36.6 Å². The zero-order valence-electron chi connectivity index (χ0n) is 20.7. The van der Waals surface area contributed by atoms with Crippen LogP contribution in [0, 0.1) is 19.3 Å². The van der Waals surface area contributed by atoms with Crippen molar-refractivity contribution in [3.05, 3.63) is 72.3 Å². The lowest BCUT2D eigenvalue weighted by atomic mass is 10.1. The summed E-state index contributed by atoms with van der Waals surface area (Å²) >= 11 is 23.4. The van der Waals surface area contributed by atoms with Gasteiger partial charge in [-0.1, -0.05) is 52.3 Å². The maximum Gasteiger partial charge on any atom is 0.355 e. The molecular formula is C23H21Cl4F2N5O4S. The number of carbonyl (C=O) groups excluding carboxylic acids is 1. The Bertz CT molecular complexity index is 1600. The average molecular weight is 643 g/mol. The third-order valence-corrected chi connectivity index (χ3v) is 6.29. The van der Waals surface area contributed by atoms with Crippen molar-refractivity contribution in [2.24, 2.45) is 0 Å². The number of rotatable bonds is 6. The smallest absolute Gasteiger partial charge is 0.336 e. The molecule has 0 bridgehead atoms. The molecule has 0 aliphatic rings. The highest BCUT2D eigenvalue weighted by Gasteiger charge is 2.21. The first kappa shape index (κ1) is 32.4. The van der Waals surface area contributed by atoms with Crippen LogP contribution in [0.15, 0.2) is 35.1 Å². The molecule has 210 valence electrons. The first-order chi connectivity index (χ1) is 17.8. The Morgan fingerprint density at radius 3 is 2.10 bits per heavy atom. The van der Waals surface area contributed by atoms with Crippen LogP contribution in [0.4, 0.5) is 14.5 Å². The van der Waals surface area contributed by atoms with Gasteiger partial charge in [-0.2, -0.15) is 13.5 Å². The second-order valence-corrected chi connectivity index (χ2v) is 11.9. The molecule has 1 heterocycles. The van der Waals surface area contributed by atoms with Gasteiger partial charge in [0.15, 0.2) is 0 Å². The number of hydrogen-bond donors (Lipinski definition) is 2. The van der Waals surface area contributed by atoms with E-state index in [-0.39, 0.29) is 37.7 Å². The molecule has 0 fully saturated rings. The van der Waals surface area contributed by atoms with Crippen LogP contribution in [-0.2, 0) is 10.0 Å². The minimum Gasteiger partial charge on any atom is -0.336 e. The molecule has 1 aromatic heterocycles. The molecule has 39 heavy (non-hydrogen) atoms. The summed E-state index contributed by atoms with van der Waals surface area (Å²) in [7, 11) is -3.65. The number of anilines is 1. The molecule has 0 saturated carbocycles. The van der Waals surface area contributed by atoms with Crippen molar-refractivity contribution in [3.8, 4) is 18.0 Å². The average Bonchev–Trinajstić information content (AvgIpc) is 3.08. The summed E-state index contributed by atoms with van der Waals surface area (Å²) < 4.78 is 51.3. The van der Waals surface area contributed by atoms with Crippen molar-refractivity contribution in [1.29, 1.82) is 0 Å². The standard InChI is InChI=1S/C12H11Cl2NO.C11H10Cl2F2N4O3S/c1-4-12(2,3)15-11(16)8-5-9(13)7-10(14)6-8;1-5-16-19(11(20)18(5)10(14)15)9-4-8(17-23(2,21)22)6(12)3-7(9)13/h1,5-7H,2-3H3,(H,15,16);3-4,10,17H,1-2H3. The molecule has 0 aliphatic carbocycles. The predicted molar refractivity (Wildman–Crippen MR) is 149 cm³/mol. The Kier molecular flexibility index (Phi) is 10.4. The number of carbonyl (C=O) groups is 1. The third-order valence-electron chi connectivity index (χ3n) is 4.65. The molecular weight excluding hydrogens is 622 g/mol. The fourth-order valence-electron chi connectivity index (χ4n) is 2.91. The minimum absolute atomic E-state index is 0.0257. The molecule has 1 amide bonds. The van der Waals surface area contributed by atoms with E-state index >= 15 is 0 Å². The summed E-state index contributed by atoms with van der Waals surface area (Å²) in [5, 5.41) is 7.14. The topological polar surface area (TPSA) is 115 Å². The Hall–Kier alpha value is -2.82. The first-order valence-corrected chi connectivity index (χ1v) is 14.0. The number of hydrogen-bond acceptors (Lipinski definition) is 5. The van der Waals surface area contributed by atoms with E-state index in [0.717, 1.165) is 12.3 Å².